The minimum atomic E-state index is -4.34. The molecule has 0 atom stereocenters. The Bertz CT molecular complexity index is 1150. The van der Waals surface area contributed by atoms with E-state index in [1.807, 2.05) is 0 Å². The highest BCUT2D eigenvalue weighted by Gasteiger charge is 2.30. The van der Waals surface area contributed by atoms with Crippen molar-refractivity contribution in [2.24, 2.45) is 5.92 Å². The van der Waals surface area contributed by atoms with Crippen LogP contribution in [0.3, 0.4) is 0 Å². The number of carbonyl (C=O) groups excluding carboxylic acids is 1. The summed E-state index contributed by atoms with van der Waals surface area (Å²) in [6.45, 7) is -1.16. The van der Waals surface area contributed by atoms with Gasteiger partial charge in [-0.25, -0.2) is 4.98 Å². The first-order chi connectivity index (χ1) is 14.3. The van der Waals surface area contributed by atoms with Gasteiger partial charge in [0.15, 0.2) is 5.13 Å². The van der Waals surface area contributed by atoms with Gasteiger partial charge in [-0.15, -0.1) is 0 Å². The van der Waals surface area contributed by atoms with E-state index < -0.39 is 12.7 Å². The summed E-state index contributed by atoms with van der Waals surface area (Å²) in [5, 5.41) is 15.1. The quantitative estimate of drug-likeness (QED) is 0.553. The average molecular weight is 432 g/mol. The summed E-state index contributed by atoms with van der Waals surface area (Å²) in [6.07, 6.45) is -2.60. The molecular weight excluding hydrogens is 417 g/mol. The number of nitrogens with zero attached hydrogens (tertiary/aromatic N) is 2. The molecule has 2 N–H and O–H groups in total. The fourth-order valence-corrected chi connectivity index (χ4v) is 3.73. The maximum Gasteiger partial charge on any atom is 0.405 e. The monoisotopic (exact) mass is 432 g/mol. The number of aromatic nitrogens is 1. The first-order valence-corrected chi connectivity index (χ1v) is 9.87. The number of anilines is 2. The molecular formula is C20H15F3N4O2S. The number of fused-ring (bicyclic) bond motifs is 1. The predicted octanol–water partition coefficient (Wildman–Crippen LogP) is 5.28. The van der Waals surface area contributed by atoms with Crippen molar-refractivity contribution < 1.29 is 22.7 Å². The zero-order valence-electron chi connectivity index (χ0n) is 15.4. The van der Waals surface area contributed by atoms with Gasteiger partial charge < -0.3 is 15.4 Å². The highest BCUT2D eigenvalue weighted by atomic mass is 32.1. The lowest BCUT2D eigenvalue weighted by Crippen LogP contribution is -2.21. The topological polar surface area (TPSA) is 87.0 Å². The van der Waals surface area contributed by atoms with Crippen molar-refractivity contribution in [3.05, 3.63) is 42.0 Å². The van der Waals surface area contributed by atoms with Gasteiger partial charge in [-0.1, -0.05) is 17.4 Å². The molecule has 0 radical (unpaired) electrons. The predicted molar refractivity (Wildman–Crippen MR) is 107 cm³/mol. The molecule has 0 saturated heterocycles. The van der Waals surface area contributed by atoms with Crippen LogP contribution in [0.1, 0.15) is 18.4 Å². The van der Waals surface area contributed by atoms with Crippen LogP contribution in [0.15, 0.2) is 36.4 Å². The van der Waals surface area contributed by atoms with Gasteiger partial charge in [-0.2, -0.15) is 18.4 Å². The van der Waals surface area contributed by atoms with Crippen molar-refractivity contribution in [3.8, 4) is 17.6 Å². The van der Waals surface area contributed by atoms with Crippen molar-refractivity contribution >= 4 is 38.3 Å². The number of amides is 1. The van der Waals surface area contributed by atoms with Crippen LogP contribution in [0, 0.1) is 17.2 Å². The van der Waals surface area contributed by atoms with E-state index in [2.05, 4.69) is 21.7 Å². The van der Waals surface area contributed by atoms with E-state index in [0.29, 0.717) is 15.3 Å². The van der Waals surface area contributed by atoms with Crippen molar-refractivity contribution in [2.75, 3.05) is 17.2 Å². The Kier molecular flexibility index (Phi) is 5.22. The first-order valence-electron chi connectivity index (χ1n) is 9.05. The number of thiazole rings is 1. The standard InChI is InChI=1S/C20H15F3N4O2S/c21-20(22,23)10-25-12-2-1-3-13(8-12)29-16-7-6-15-17(14(16)9-24)30-19(26-15)27-18(28)11-4-5-11/h1-3,6-8,11,25H,4-5,10H2,(H,26,27,28). The number of nitriles is 1. The van der Waals surface area contributed by atoms with E-state index >= 15 is 0 Å². The van der Waals surface area contributed by atoms with Gasteiger partial charge in [0.2, 0.25) is 5.91 Å². The summed E-state index contributed by atoms with van der Waals surface area (Å²) in [6, 6.07) is 11.4. The Balaban J connectivity index is 1.57. The molecule has 3 aromatic rings. The van der Waals surface area contributed by atoms with Crippen LogP contribution in [0.4, 0.5) is 24.0 Å². The van der Waals surface area contributed by atoms with Gasteiger partial charge in [-0.05, 0) is 37.1 Å². The molecule has 0 unspecified atom stereocenters. The molecule has 0 spiro atoms. The van der Waals surface area contributed by atoms with E-state index in [0.717, 1.165) is 12.8 Å². The lowest BCUT2D eigenvalue weighted by atomic mass is 10.2. The maximum absolute atomic E-state index is 12.4. The van der Waals surface area contributed by atoms with Crippen LogP contribution < -0.4 is 15.4 Å². The summed E-state index contributed by atoms with van der Waals surface area (Å²) in [5.74, 6) is 0.489. The van der Waals surface area contributed by atoms with Crippen molar-refractivity contribution in [3.63, 3.8) is 0 Å². The Morgan fingerprint density at radius 1 is 1.30 bits per heavy atom. The minimum Gasteiger partial charge on any atom is -0.456 e. The number of halogens is 3. The molecule has 4 rings (SSSR count). The summed E-state index contributed by atoms with van der Waals surface area (Å²) in [5.41, 5.74) is 1.04. The summed E-state index contributed by atoms with van der Waals surface area (Å²) in [7, 11) is 0. The van der Waals surface area contributed by atoms with Crippen molar-refractivity contribution in [1.29, 1.82) is 5.26 Å². The van der Waals surface area contributed by atoms with Crippen molar-refractivity contribution in [2.45, 2.75) is 19.0 Å². The van der Waals surface area contributed by atoms with Crippen LogP contribution >= 0.6 is 11.3 Å². The number of ether oxygens (including phenoxy) is 1. The number of carbonyl (C=O) groups is 1. The molecule has 0 bridgehead atoms. The third-order valence-electron chi connectivity index (χ3n) is 4.36. The van der Waals surface area contributed by atoms with E-state index in [1.165, 1.54) is 23.5 Å². The second kappa shape index (κ2) is 7.84. The van der Waals surface area contributed by atoms with E-state index in [4.69, 9.17) is 4.74 Å². The van der Waals surface area contributed by atoms with E-state index in [1.54, 1.807) is 24.3 Å². The van der Waals surface area contributed by atoms with Gasteiger partial charge >= 0.3 is 6.18 Å². The number of benzene rings is 2. The van der Waals surface area contributed by atoms with Crippen LogP contribution in [0.2, 0.25) is 0 Å². The second-order valence-electron chi connectivity index (χ2n) is 6.78. The molecule has 30 heavy (non-hydrogen) atoms. The van der Waals surface area contributed by atoms with Crippen LogP contribution in [0.25, 0.3) is 10.2 Å². The molecule has 1 fully saturated rings. The fraction of sp³-hybridized carbons (Fsp3) is 0.250. The Hall–Kier alpha value is -3.32. The summed E-state index contributed by atoms with van der Waals surface area (Å²) < 4.78 is 43.5. The Labute approximate surface area is 173 Å². The molecule has 1 heterocycles. The minimum absolute atomic E-state index is 0.0320. The number of hydrogen-bond acceptors (Lipinski definition) is 6. The van der Waals surface area contributed by atoms with Gasteiger partial charge in [0, 0.05) is 17.7 Å². The van der Waals surface area contributed by atoms with Gasteiger partial charge in [0.25, 0.3) is 0 Å². The number of nitrogens with one attached hydrogen (secondary N) is 2. The van der Waals surface area contributed by atoms with Gasteiger partial charge in [0.1, 0.15) is 29.7 Å². The molecule has 2 aromatic carbocycles. The molecule has 0 aliphatic heterocycles. The van der Waals surface area contributed by atoms with Crippen LogP contribution in [0.5, 0.6) is 11.5 Å². The number of alkyl halides is 3. The van der Waals surface area contributed by atoms with Gasteiger partial charge in [0.05, 0.1) is 10.2 Å². The highest BCUT2D eigenvalue weighted by molar-refractivity contribution is 7.22. The fourth-order valence-electron chi connectivity index (χ4n) is 2.77. The third kappa shape index (κ3) is 4.63. The van der Waals surface area contributed by atoms with Crippen molar-refractivity contribution in [1.82, 2.24) is 4.98 Å². The molecule has 1 aliphatic carbocycles. The molecule has 6 nitrogen and oxygen atoms in total. The average Bonchev–Trinajstić information content (AvgIpc) is 3.47. The summed E-state index contributed by atoms with van der Waals surface area (Å²) >= 11 is 1.18. The Morgan fingerprint density at radius 2 is 2.10 bits per heavy atom. The first kappa shape index (κ1) is 20.0. The van der Waals surface area contributed by atoms with Crippen LogP contribution in [-0.4, -0.2) is 23.6 Å². The molecule has 1 amide bonds. The summed E-state index contributed by atoms with van der Waals surface area (Å²) in [4.78, 5) is 16.3. The SMILES string of the molecule is N#Cc1c(Oc2cccc(NCC(F)(F)F)c2)ccc2nc(NC(=O)C3CC3)sc12. The highest BCUT2D eigenvalue weighted by Crippen LogP contribution is 2.37. The lowest BCUT2D eigenvalue weighted by Gasteiger charge is -2.12. The molecule has 10 heteroatoms. The molecule has 154 valence electrons. The maximum atomic E-state index is 12.4. The largest absolute Gasteiger partial charge is 0.456 e. The number of hydrogen-bond donors (Lipinski definition) is 2. The van der Waals surface area contributed by atoms with Crippen LogP contribution in [-0.2, 0) is 4.79 Å². The van der Waals surface area contributed by atoms with E-state index in [-0.39, 0.29) is 34.6 Å². The molecule has 1 aromatic heterocycles. The lowest BCUT2D eigenvalue weighted by molar-refractivity contribution is -0.117. The zero-order valence-corrected chi connectivity index (χ0v) is 16.2. The molecule has 1 aliphatic rings. The smallest absolute Gasteiger partial charge is 0.405 e. The third-order valence-corrected chi connectivity index (χ3v) is 5.37. The normalized spacial score (nSPS) is 13.7. The van der Waals surface area contributed by atoms with E-state index in [9.17, 15) is 23.2 Å². The number of rotatable bonds is 6. The molecule has 1 saturated carbocycles. The second-order valence-corrected chi connectivity index (χ2v) is 7.78. The zero-order chi connectivity index (χ0) is 21.3. The van der Waals surface area contributed by atoms with Gasteiger partial charge in [-0.3, -0.25) is 4.79 Å². The Morgan fingerprint density at radius 3 is 2.80 bits per heavy atom.